The average Bonchev–Trinajstić information content (AvgIpc) is 3.45. The molecule has 184 valence electrons. The number of aliphatic imine (C=N–C) groups is 2. The molecule has 0 aromatic heterocycles. The number of allylic oxidation sites excluding steroid dienone is 2. The molecule has 0 radical (unpaired) electrons. The van der Waals surface area contributed by atoms with Gasteiger partial charge in [0.2, 0.25) is 0 Å². The maximum atomic E-state index is 9.63. The molecule has 32 heavy (non-hydrogen) atoms. The van der Waals surface area contributed by atoms with Crippen molar-refractivity contribution in [2.75, 3.05) is 39.6 Å². The zero-order valence-electron chi connectivity index (χ0n) is 19.5. The average molecular weight is 455 g/mol. The molecule has 8 nitrogen and oxygen atoms in total. The summed E-state index contributed by atoms with van der Waals surface area (Å²) in [7, 11) is 0. The summed E-state index contributed by atoms with van der Waals surface area (Å²) in [5.74, 6) is 0.771. The molecule has 1 atom stereocenters. The standard InChI is InChI=1S/C24H42N2O6/c1-2-3-4-5-6-7-8-9-10-11-12-20(22-26-24(16-29,17-30)19-32-22)13-21-25-23(14-27,15-28)18-31-21/h10-11,20,27-30H,2-9,12-19H2,1H3. The van der Waals surface area contributed by atoms with Crippen LogP contribution >= 0.6 is 0 Å². The molecule has 2 aliphatic heterocycles. The first-order valence-corrected chi connectivity index (χ1v) is 12.1. The van der Waals surface area contributed by atoms with Gasteiger partial charge in [-0.3, -0.25) is 0 Å². The van der Waals surface area contributed by atoms with Gasteiger partial charge in [0.05, 0.1) is 26.4 Å². The van der Waals surface area contributed by atoms with Crippen molar-refractivity contribution in [3.63, 3.8) is 0 Å². The molecule has 2 rings (SSSR count). The van der Waals surface area contributed by atoms with Crippen molar-refractivity contribution >= 4 is 11.8 Å². The second-order valence-electron chi connectivity index (χ2n) is 9.13. The summed E-state index contributed by atoms with van der Waals surface area (Å²) in [5.41, 5.74) is -2.00. The monoisotopic (exact) mass is 454 g/mol. The second-order valence-corrected chi connectivity index (χ2v) is 9.13. The van der Waals surface area contributed by atoms with Crippen molar-refractivity contribution in [3.05, 3.63) is 12.2 Å². The number of hydrogen-bond donors (Lipinski definition) is 4. The molecule has 0 aromatic carbocycles. The smallest absolute Gasteiger partial charge is 0.188 e. The van der Waals surface area contributed by atoms with E-state index >= 15 is 0 Å². The molecule has 2 heterocycles. The van der Waals surface area contributed by atoms with E-state index in [9.17, 15) is 20.4 Å². The first-order valence-electron chi connectivity index (χ1n) is 12.1. The molecular formula is C24H42N2O6. The fourth-order valence-corrected chi connectivity index (χ4v) is 3.87. The van der Waals surface area contributed by atoms with E-state index < -0.39 is 11.1 Å². The first-order chi connectivity index (χ1) is 15.6. The number of hydrogen-bond acceptors (Lipinski definition) is 8. The van der Waals surface area contributed by atoms with Gasteiger partial charge in [-0.05, 0) is 19.3 Å². The Kier molecular flexibility index (Phi) is 11.7. The topological polar surface area (TPSA) is 124 Å². The van der Waals surface area contributed by atoms with Gasteiger partial charge in [-0.1, -0.05) is 57.6 Å². The summed E-state index contributed by atoms with van der Waals surface area (Å²) in [4.78, 5) is 8.90. The first kappa shape index (κ1) is 26.8. The van der Waals surface area contributed by atoms with Gasteiger partial charge in [-0.25, -0.2) is 9.98 Å². The molecule has 0 spiro atoms. The Bertz CT molecular complexity index is 626. The van der Waals surface area contributed by atoms with Gasteiger partial charge >= 0.3 is 0 Å². The maximum absolute atomic E-state index is 9.63. The molecule has 2 aliphatic rings. The zero-order valence-corrected chi connectivity index (χ0v) is 19.5. The summed E-state index contributed by atoms with van der Waals surface area (Å²) in [6.07, 6.45) is 15.4. The van der Waals surface area contributed by atoms with Gasteiger partial charge < -0.3 is 29.9 Å². The molecule has 0 saturated carbocycles. The van der Waals surface area contributed by atoms with Gasteiger partial charge in [0, 0.05) is 12.3 Å². The van der Waals surface area contributed by atoms with Crippen LogP contribution in [0.1, 0.15) is 71.1 Å². The Hall–Kier alpha value is -1.48. The minimum atomic E-state index is -1.01. The number of rotatable bonds is 17. The number of unbranched alkanes of at least 4 members (excludes halogenated alkanes) is 7. The lowest BCUT2D eigenvalue weighted by atomic mass is 9.99. The summed E-state index contributed by atoms with van der Waals surface area (Å²) in [6, 6.07) is 0. The Morgan fingerprint density at radius 3 is 2.00 bits per heavy atom. The predicted molar refractivity (Wildman–Crippen MR) is 125 cm³/mol. The molecular weight excluding hydrogens is 412 g/mol. The van der Waals surface area contributed by atoms with Gasteiger partial charge in [-0.2, -0.15) is 0 Å². The quantitative estimate of drug-likeness (QED) is 0.198. The summed E-state index contributed by atoms with van der Waals surface area (Å²) in [5, 5.41) is 38.4. The van der Waals surface area contributed by atoms with Crippen LogP contribution in [-0.4, -0.2) is 82.9 Å². The van der Waals surface area contributed by atoms with E-state index in [4.69, 9.17) is 9.47 Å². The van der Waals surface area contributed by atoms with Crippen molar-refractivity contribution in [2.45, 2.75) is 82.2 Å². The van der Waals surface area contributed by atoms with Crippen LogP contribution in [0, 0.1) is 5.92 Å². The largest absolute Gasteiger partial charge is 0.478 e. The minimum absolute atomic E-state index is 0.137. The van der Waals surface area contributed by atoms with Crippen LogP contribution < -0.4 is 0 Å². The summed E-state index contributed by atoms with van der Waals surface area (Å²) in [6.45, 7) is 1.36. The molecule has 8 heteroatoms. The van der Waals surface area contributed by atoms with Crippen molar-refractivity contribution in [1.29, 1.82) is 0 Å². The highest BCUT2D eigenvalue weighted by atomic mass is 16.5. The SMILES string of the molecule is CCCCCCCCCC=CCC(CC1=NC(CO)(CO)CO1)C1=NC(CO)(CO)CO1. The van der Waals surface area contributed by atoms with E-state index in [0.717, 1.165) is 6.42 Å². The van der Waals surface area contributed by atoms with Crippen molar-refractivity contribution < 1.29 is 29.9 Å². The lowest BCUT2D eigenvalue weighted by Crippen LogP contribution is -2.37. The number of aliphatic hydroxyl groups is 4. The van der Waals surface area contributed by atoms with E-state index in [1.807, 2.05) is 0 Å². The molecule has 0 aliphatic carbocycles. The van der Waals surface area contributed by atoms with Crippen LogP contribution in [0.25, 0.3) is 0 Å². The third kappa shape index (κ3) is 7.83. The molecule has 0 saturated heterocycles. The molecule has 0 aromatic rings. The molecule has 1 unspecified atom stereocenters. The number of ether oxygens (including phenoxy) is 2. The highest BCUT2D eigenvalue weighted by Gasteiger charge is 2.40. The van der Waals surface area contributed by atoms with E-state index in [0.29, 0.717) is 24.6 Å². The summed E-state index contributed by atoms with van der Waals surface area (Å²) < 4.78 is 11.4. The van der Waals surface area contributed by atoms with E-state index in [1.165, 1.54) is 44.9 Å². The van der Waals surface area contributed by atoms with Crippen LogP contribution in [0.3, 0.4) is 0 Å². The Morgan fingerprint density at radius 1 is 0.812 bits per heavy atom. The third-order valence-corrected chi connectivity index (χ3v) is 6.21. The van der Waals surface area contributed by atoms with Gasteiger partial charge in [0.25, 0.3) is 0 Å². The molecule has 4 N–H and O–H groups in total. The number of aliphatic hydroxyl groups excluding tert-OH is 4. The third-order valence-electron chi connectivity index (χ3n) is 6.21. The molecule has 0 bridgehead atoms. The van der Waals surface area contributed by atoms with Gasteiger partial charge in [0.1, 0.15) is 24.3 Å². The van der Waals surface area contributed by atoms with Crippen molar-refractivity contribution in [2.24, 2.45) is 15.9 Å². The van der Waals surface area contributed by atoms with Crippen LogP contribution in [0.4, 0.5) is 0 Å². The Balaban J connectivity index is 1.92. The van der Waals surface area contributed by atoms with E-state index in [-0.39, 0.29) is 45.6 Å². The van der Waals surface area contributed by atoms with Crippen LogP contribution in [0.2, 0.25) is 0 Å². The van der Waals surface area contributed by atoms with Gasteiger partial charge in [-0.15, -0.1) is 0 Å². The number of nitrogens with zero attached hydrogens (tertiary/aromatic N) is 2. The van der Waals surface area contributed by atoms with Crippen LogP contribution in [0.15, 0.2) is 22.1 Å². The lowest BCUT2D eigenvalue weighted by molar-refractivity contribution is 0.0958. The van der Waals surface area contributed by atoms with Gasteiger partial charge in [0.15, 0.2) is 11.8 Å². The molecule has 0 fully saturated rings. The highest BCUT2D eigenvalue weighted by Crippen LogP contribution is 2.28. The zero-order chi connectivity index (χ0) is 23.3. The van der Waals surface area contributed by atoms with Crippen molar-refractivity contribution in [1.82, 2.24) is 0 Å². The second kappa shape index (κ2) is 13.9. The normalized spacial score (nSPS) is 20.2. The highest BCUT2D eigenvalue weighted by molar-refractivity contribution is 5.88. The van der Waals surface area contributed by atoms with E-state index in [2.05, 4.69) is 29.1 Å². The summed E-state index contributed by atoms with van der Waals surface area (Å²) >= 11 is 0. The van der Waals surface area contributed by atoms with E-state index in [1.54, 1.807) is 0 Å². The Labute approximate surface area is 192 Å². The fraction of sp³-hybridized carbons (Fsp3) is 0.833. The fourth-order valence-electron chi connectivity index (χ4n) is 3.87. The maximum Gasteiger partial charge on any atom is 0.188 e. The predicted octanol–water partition coefficient (Wildman–Crippen LogP) is 2.38. The minimum Gasteiger partial charge on any atom is -0.478 e. The van der Waals surface area contributed by atoms with Crippen molar-refractivity contribution in [3.8, 4) is 0 Å². The van der Waals surface area contributed by atoms with Crippen LogP contribution in [-0.2, 0) is 9.47 Å². The Morgan fingerprint density at radius 2 is 1.41 bits per heavy atom. The van der Waals surface area contributed by atoms with Crippen LogP contribution in [0.5, 0.6) is 0 Å². The molecule has 0 amide bonds. The lowest BCUT2D eigenvalue weighted by Gasteiger charge is -2.16.